The van der Waals surface area contributed by atoms with Crippen molar-refractivity contribution in [3.8, 4) is 0 Å². The average molecular weight is 282 g/mol. The van der Waals surface area contributed by atoms with Gasteiger partial charge in [-0.3, -0.25) is 9.80 Å². The summed E-state index contributed by atoms with van der Waals surface area (Å²) in [7, 11) is 0. The molecule has 3 rings (SSSR count). The molecule has 0 bridgehead atoms. The molecule has 0 spiro atoms. The Hall–Kier alpha value is -0.160. The summed E-state index contributed by atoms with van der Waals surface area (Å²) in [5.41, 5.74) is 0. The number of rotatable bonds is 4. The molecular formula is C16H30N2O2. The van der Waals surface area contributed by atoms with Crippen LogP contribution in [0.1, 0.15) is 39.0 Å². The zero-order chi connectivity index (χ0) is 13.9. The summed E-state index contributed by atoms with van der Waals surface area (Å²) in [5.74, 6) is 0.898. The minimum absolute atomic E-state index is 0.212. The maximum atomic E-state index is 10.4. The van der Waals surface area contributed by atoms with Crippen LogP contribution in [0.4, 0.5) is 0 Å². The lowest BCUT2D eigenvalue weighted by molar-refractivity contribution is 0.000707. The van der Waals surface area contributed by atoms with E-state index in [9.17, 15) is 5.11 Å². The highest BCUT2D eigenvalue weighted by Crippen LogP contribution is 2.39. The summed E-state index contributed by atoms with van der Waals surface area (Å²) in [6, 6.07) is 1.40. The molecule has 0 amide bonds. The number of morpholine rings is 1. The number of hydrogen-bond donors (Lipinski definition) is 1. The molecule has 4 nitrogen and oxygen atoms in total. The largest absolute Gasteiger partial charge is 0.390 e. The molecule has 2 aliphatic heterocycles. The summed E-state index contributed by atoms with van der Waals surface area (Å²) in [4.78, 5) is 4.95. The molecule has 116 valence electrons. The molecule has 3 fully saturated rings. The van der Waals surface area contributed by atoms with Crippen molar-refractivity contribution < 1.29 is 9.84 Å². The van der Waals surface area contributed by atoms with Gasteiger partial charge in [0, 0.05) is 38.3 Å². The number of ether oxygens (including phenoxy) is 1. The van der Waals surface area contributed by atoms with Crippen LogP contribution in [-0.2, 0) is 4.74 Å². The fourth-order valence-corrected chi connectivity index (χ4v) is 4.50. The molecule has 20 heavy (non-hydrogen) atoms. The Balaban J connectivity index is 1.50. The van der Waals surface area contributed by atoms with Gasteiger partial charge in [-0.15, -0.1) is 0 Å². The van der Waals surface area contributed by atoms with Gasteiger partial charge in [-0.05, 0) is 32.1 Å². The number of likely N-dealkylation sites (tertiary alicyclic amines) is 1. The number of fused-ring (bicyclic) bond motifs is 1. The van der Waals surface area contributed by atoms with Gasteiger partial charge in [0.1, 0.15) is 0 Å². The average Bonchev–Trinajstić information content (AvgIpc) is 2.76. The van der Waals surface area contributed by atoms with E-state index in [4.69, 9.17) is 4.74 Å². The number of nitrogens with zero attached hydrogens (tertiary/aromatic N) is 2. The molecule has 0 aromatic carbocycles. The summed E-state index contributed by atoms with van der Waals surface area (Å²) in [6.45, 7) is 7.59. The second kappa shape index (κ2) is 6.73. The summed E-state index contributed by atoms with van der Waals surface area (Å²) < 4.78 is 5.37. The molecule has 0 radical (unpaired) electrons. The minimum Gasteiger partial charge on any atom is -0.390 e. The van der Waals surface area contributed by atoms with Crippen LogP contribution in [0.3, 0.4) is 0 Å². The van der Waals surface area contributed by atoms with Gasteiger partial charge < -0.3 is 9.84 Å². The van der Waals surface area contributed by atoms with Crippen LogP contribution in [0.2, 0.25) is 0 Å². The molecule has 0 aromatic heterocycles. The number of hydrogen-bond acceptors (Lipinski definition) is 4. The third-order valence-corrected chi connectivity index (χ3v) is 5.50. The number of aliphatic hydroxyl groups is 1. The molecular weight excluding hydrogens is 252 g/mol. The maximum absolute atomic E-state index is 10.4. The quantitative estimate of drug-likeness (QED) is 0.844. The van der Waals surface area contributed by atoms with E-state index in [1.807, 2.05) is 0 Å². The standard InChI is InChI=1S/C16H30N2O2/c1-13-10-14-4-2-3-5-16(14)18(13)12-15(19)11-17-6-8-20-9-7-17/h13-16,19H,2-12H2,1H3/t13-,14+,15+,16-/m1/s1. The molecule has 4 atom stereocenters. The SMILES string of the molecule is C[C@@H]1C[C@@H]2CCCC[C@H]2N1C[C@@H](O)CN1CCOCC1. The van der Waals surface area contributed by atoms with Crippen molar-refractivity contribution in [3.63, 3.8) is 0 Å². The van der Waals surface area contributed by atoms with Crippen LogP contribution in [0.15, 0.2) is 0 Å². The van der Waals surface area contributed by atoms with Crippen molar-refractivity contribution in [1.82, 2.24) is 9.80 Å². The summed E-state index contributed by atoms with van der Waals surface area (Å²) in [6.07, 6.45) is 6.68. The molecule has 2 heterocycles. The van der Waals surface area contributed by atoms with Crippen molar-refractivity contribution in [2.45, 2.75) is 57.2 Å². The maximum Gasteiger partial charge on any atom is 0.0794 e. The highest BCUT2D eigenvalue weighted by Gasteiger charge is 2.40. The Morgan fingerprint density at radius 1 is 1.15 bits per heavy atom. The monoisotopic (exact) mass is 282 g/mol. The summed E-state index contributed by atoms with van der Waals surface area (Å²) in [5, 5.41) is 10.4. The Morgan fingerprint density at radius 3 is 2.70 bits per heavy atom. The van der Waals surface area contributed by atoms with Gasteiger partial charge in [0.15, 0.2) is 0 Å². The van der Waals surface area contributed by atoms with Crippen LogP contribution in [0.5, 0.6) is 0 Å². The van der Waals surface area contributed by atoms with Crippen molar-refractivity contribution in [3.05, 3.63) is 0 Å². The van der Waals surface area contributed by atoms with E-state index in [1.54, 1.807) is 0 Å². The summed E-state index contributed by atoms with van der Waals surface area (Å²) >= 11 is 0. The number of aliphatic hydroxyl groups excluding tert-OH is 1. The zero-order valence-electron chi connectivity index (χ0n) is 12.8. The molecule has 1 N–H and O–H groups in total. The van der Waals surface area contributed by atoms with Crippen molar-refractivity contribution in [1.29, 1.82) is 0 Å². The van der Waals surface area contributed by atoms with Crippen molar-refractivity contribution >= 4 is 0 Å². The van der Waals surface area contributed by atoms with Crippen LogP contribution in [0, 0.1) is 5.92 Å². The third kappa shape index (κ3) is 3.35. The smallest absolute Gasteiger partial charge is 0.0794 e. The van der Waals surface area contributed by atoms with Crippen LogP contribution in [0.25, 0.3) is 0 Å². The van der Waals surface area contributed by atoms with Gasteiger partial charge in [-0.2, -0.15) is 0 Å². The predicted molar refractivity (Wildman–Crippen MR) is 79.8 cm³/mol. The molecule has 0 unspecified atom stereocenters. The Labute approximate surface area is 123 Å². The third-order valence-electron chi connectivity index (χ3n) is 5.50. The van der Waals surface area contributed by atoms with Gasteiger partial charge in [-0.25, -0.2) is 0 Å². The first-order valence-electron chi connectivity index (χ1n) is 8.48. The molecule has 4 heteroatoms. The van der Waals surface area contributed by atoms with E-state index in [0.29, 0.717) is 6.04 Å². The van der Waals surface area contributed by atoms with Gasteiger partial charge in [-0.1, -0.05) is 12.8 Å². The van der Waals surface area contributed by atoms with Gasteiger partial charge >= 0.3 is 0 Å². The molecule has 3 aliphatic rings. The van der Waals surface area contributed by atoms with E-state index in [-0.39, 0.29) is 6.10 Å². The van der Waals surface area contributed by atoms with Gasteiger partial charge in [0.05, 0.1) is 19.3 Å². The van der Waals surface area contributed by atoms with E-state index < -0.39 is 0 Å². The lowest BCUT2D eigenvalue weighted by atomic mass is 9.85. The highest BCUT2D eigenvalue weighted by atomic mass is 16.5. The predicted octanol–water partition coefficient (Wildman–Crippen LogP) is 1.33. The Kier molecular flexibility index (Phi) is 4.97. The lowest BCUT2D eigenvalue weighted by Crippen LogP contribution is -2.47. The molecule has 1 saturated carbocycles. The topological polar surface area (TPSA) is 35.9 Å². The Bertz CT molecular complexity index is 307. The Morgan fingerprint density at radius 2 is 1.90 bits per heavy atom. The van der Waals surface area contributed by atoms with E-state index >= 15 is 0 Å². The molecule has 0 aromatic rings. The molecule has 1 aliphatic carbocycles. The zero-order valence-corrected chi connectivity index (χ0v) is 12.8. The fourth-order valence-electron chi connectivity index (χ4n) is 4.50. The number of β-amino-alcohol motifs (C(OH)–C–C–N with tert-alkyl or cyclic N) is 1. The minimum atomic E-state index is -0.212. The normalized spacial score (nSPS) is 37.8. The van der Waals surface area contributed by atoms with Crippen LogP contribution >= 0.6 is 0 Å². The van der Waals surface area contributed by atoms with Crippen molar-refractivity contribution in [2.24, 2.45) is 5.92 Å². The van der Waals surface area contributed by atoms with Crippen LogP contribution < -0.4 is 0 Å². The van der Waals surface area contributed by atoms with E-state index in [2.05, 4.69) is 16.7 Å². The first kappa shape index (κ1) is 14.8. The first-order valence-corrected chi connectivity index (χ1v) is 8.48. The second-order valence-corrected chi connectivity index (χ2v) is 6.96. The van der Waals surface area contributed by atoms with Gasteiger partial charge in [0.2, 0.25) is 0 Å². The van der Waals surface area contributed by atoms with E-state index in [0.717, 1.165) is 51.4 Å². The second-order valence-electron chi connectivity index (χ2n) is 6.96. The molecule has 2 saturated heterocycles. The first-order chi connectivity index (χ1) is 9.74. The lowest BCUT2D eigenvalue weighted by Gasteiger charge is -2.36. The van der Waals surface area contributed by atoms with E-state index in [1.165, 1.54) is 32.1 Å². The van der Waals surface area contributed by atoms with Crippen LogP contribution in [-0.4, -0.2) is 72.5 Å². The highest BCUT2D eigenvalue weighted by molar-refractivity contribution is 4.95. The van der Waals surface area contributed by atoms with Crippen molar-refractivity contribution in [2.75, 3.05) is 39.4 Å². The fraction of sp³-hybridized carbons (Fsp3) is 1.00. The van der Waals surface area contributed by atoms with Gasteiger partial charge in [0.25, 0.3) is 0 Å².